The van der Waals surface area contributed by atoms with Crippen molar-refractivity contribution in [1.29, 1.82) is 5.26 Å². The minimum atomic E-state index is -0.158. The molecule has 0 saturated heterocycles. The molecule has 3 aromatic heterocycles. The van der Waals surface area contributed by atoms with Crippen LogP contribution in [0, 0.1) is 18.3 Å². The van der Waals surface area contributed by atoms with E-state index in [-0.39, 0.29) is 12.5 Å². The van der Waals surface area contributed by atoms with Crippen LogP contribution in [0.25, 0.3) is 5.65 Å². The fraction of sp³-hybridized carbons (Fsp3) is 0.190. The highest BCUT2D eigenvalue weighted by Crippen LogP contribution is 2.26. The van der Waals surface area contributed by atoms with E-state index in [0.717, 1.165) is 5.56 Å². The molecule has 3 heterocycles. The maximum Gasteiger partial charge on any atom is 0.221 e. The fourth-order valence-electron chi connectivity index (χ4n) is 3.15. The van der Waals surface area contributed by atoms with Gasteiger partial charge in [-0.25, -0.2) is 4.98 Å². The second-order valence-electron chi connectivity index (χ2n) is 7.08. The third kappa shape index (κ3) is 4.35. The molecule has 0 atom stereocenters. The lowest BCUT2D eigenvalue weighted by atomic mass is 10.1. The third-order valence-corrected chi connectivity index (χ3v) is 4.64. The number of nitriles is 1. The maximum atomic E-state index is 11.5. The molecule has 0 fully saturated rings. The minimum absolute atomic E-state index is 0.0175. The van der Waals surface area contributed by atoms with Crippen molar-refractivity contribution in [2.45, 2.75) is 20.4 Å². The average molecular weight is 431 g/mol. The van der Waals surface area contributed by atoms with Gasteiger partial charge in [0, 0.05) is 36.6 Å². The first-order chi connectivity index (χ1) is 15.5. The zero-order valence-corrected chi connectivity index (χ0v) is 17.5. The molecule has 32 heavy (non-hydrogen) atoms. The lowest BCUT2D eigenvalue weighted by molar-refractivity contribution is -0.114. The van der Waals surface area contributed by atoms with Gasteiger partial charge in [0.15, 0.2) is 11.5 Å². The van der Waals surface area contributed by atoms with Gasteiger partial charge < -0.3 is 21.1 Å². The van der Waals surface area contributed by atoms with Gasteiger partial charge in [-0.1, -0.05) is 6.07 Å². The van der Waals surface area contributed by atoms with Gasteiger partial charge in [0.05, 0.1) is 19.3 Å². The Hall–Kier alpha value is -4.43. The molecule has 0 unspecified atom stereocenters. The average Bonchev–Trinajstić information content (AvgIpc) is 3.37. The first-order valence-corrected chi connectivity index (χ1v) is 9.82. The van der Waals surface area contributed by atoms with Crippen LogP contribution < -0.4 is 16.0 Å². The number of aryl methyl sites for hydroxylation is 1. The van der Waals surface area contributed by atoms with Crippen molar-refractivity contribution in [2.24, 2.45) is 0 Å². The van der Waals surface area contributed by atoms with Crippen LogP contribution >= 0.6 is 0 Å². The molecule has 4 aromatic rings. The van der Waals surface area contributed by atoms with Gasteiger partial charge in [0.25, 0.3) is 0 Å². The molecule has 1 aromatic carbocycles. The first-order valence-electron chi connectivity index (χ1n) is 9.82. The van der Waals surface area contributed by atoms with Gasteiger partial charge in [-0.2, -0.15) is 20.0 Å². The molecule has 0 radical (unpaired) electrons. The van der Waals surface area contributed by atoms with Crippen molar-refractivity contribution >= 4 is 40.4 Å². The van der Waals surface area contributed by atoms with Gasteiger partial charge in [0.1, 0.15) is 23.3 Å². The summed E-state index contributed by atoms with van der Waals surface area (Å²) in [5, 5.41) is 36.3. The highest BCUT2D eigenvalue weighted by atomic mass is 16.3. The normalized spacial score (nSPS) is 10.7. The number of carbonyl (C=O) groups is 1. The summed E-state index contributed by atoms with van der Waals surface area (Å²) in [6.45, 7) is 3.72. The van der Waals surface area contributed by atoms with Crippen LogP contribution in [0.4, 0.5) is 28.8 Å². The molecule has 11 heteroatoms. The van der Waals surface area contributed by atoms with Crippen LogP contribution in [0.5, 0.6) is 0 Å². The first kappa shape index (κ1) is 20.8. The Morgan fingerprint density at radius 1 is 1.22 bits per heavy atom. The molecular formula is C21H21N9O2. The molecule has 0 aliphatic heterocycles. The quantitative estimate of drug-likeness (QED) is 0.349. The Morgan fingerprint density at radius 3 is 2.81 bits per heavy atom. The monoisotopic (exact) mass is 431 g/mol. The smallest absolute Gasteiger partial charge is 0.221 e. The molecule has 0 spiro atoms. The number of aromatic nitrogens is 5. The van der Waals surface area contributed by atoms with Crippen molar-refractivity contribution in [2.75, 3.05) is 22.6 Å². The summed E-state index contributed by atoms with van der Waals surface area (Å²) >= 11 is 0. The van der Waals surface area contributed by atoms with Crippen LogP contribution in [0.15, 0.2) is 42.7 Å². The van der Waals surface area contributed by atoms with E-state index in [9.17, 15) is 10.1 Å². The molecule has 1 amide bonds. The van der Waals surface area contributed by atoms with Crippen LogP contribution in [0.3, 0.4) is 0 Å². The van der Waals surface area contributed by atoms with Crippen molar-refractivity contribution < 1.29 is 9.90 Å². The molecular weight excluding hydrogens is 410 g/mol. The van der Waals surface area contributed by atoms with Gasteiger partial charge >= 0.3 is 0 Å². The van der Waals surface area contributed by atoms with E-state index >= 15 is 0 Å². The molecule has 162 valence electrons. The number of aliphatic hydroxyl groups is 1. The summed E-state index contributed by atoms with van der Waals surface area (Å²) < 4.78 is 3.13. The second-order valence-corrected chi connectivity index (χ2v) is 7.08. The number of anilines is 5. The number of nitrogens with one attached hydrogen (secondary N) is 3. The molecule has 4 rings (SSSR count). The van der Waals surface area contributed by atoms with Crippen LogP contribution in [-0.2, 0) is 11.3 Å². The molecule has 0 aliphatic rings. The number of aliphatic hydroxyl groups excluding tert-OH is 1. The number of amides is 1. The van der Waals surface area contributed by atoms with Crippen molar-refractivity contribution in [1.82, 2.24) is 24.4 Å². The summed E-state index contributed by atoms with van der Waals surface area (Å²) in [5.74, 6) is 1.41. The van der Waals surface area contributed by atoms with Crippen molar-refractivity contribution in [3.05, 3.63) is 53.9 Å². The van der Waals surface area contributed by atoms with Gasteiger partial charge in [-0.15, -0.1) is 0 Å². The maximum absolute atomic E-state index is 11.5. The highest BCUT2D eigenvalue weighted by Gasteiger charge is 2.13. The Kier molecular flexibility index (Phi) is 5.69. The van der Waals surface area contributed by atoms with E-state index in [1.54, 1.807) is 23.0 Å². The number of hydrogen-bond donors (Lipinski definition) is 4. The Balaban J connectivity index is 1.70. The Morgan fingerprint density at radius 2 is 2.06 bits per heavy atom. The summed E-state index contributed by atoms with van der Waals surface area (Å²) in [6.07, 6.45) is 3.19. The fourth-order valence-corrected chi connectivity index (χ4v) is 3.15. The Labute approximate surface area is 183 Å². The number of hydrogen-bond acceptors (Lipinski definition) is 8. The number of rotatable bonds is 7. The summed E-state index contributed by atoms with van der Waals surface area (Å²) in [5.41, 5.74) is 3.04. The highest BCUT2D eigenvalue weighted by molar-refractivity contribution is 5.90. The summed E-state index contributed by atoms with van der Waals surface area (Å²) in [6, 6.07) is 11.2. The molecule has 4 N–H and O–H groups in total. The molecule has 0 saturated carbocycles. The lowest BCUT2D eigenvalue weighted by Gasteiger charge is -2.13. The Bertz CT molecular complexity index is 1330. The number of nitrogens with zero attached hydrogens (tertiary/aromatic N) is 6. The van der Waals surface area contributed by atoms with Gasteiger partial charge in [0.2, 0.25) is 5.91 Å². The van der Waals surface area contributed by atoms with E-state index in [2.05, 4.69) is 37.2 Å². The number of carbonyl (C=O) groups excluding carboxylic acids is 1. The summed E-state index contributed by atoms with van der Waals surface area (Å²) in [7, 11) is 0. The topological polar surface area (TPSA) is 145 Å². The predicted molar refractivity (Wildman–Crippen MR) is 119 cm³/mol. The number of fused-ring (bicyclic) bond motifs is 1. The molecule has 0 bridgehead atoms. The molecule has 0 aliphatic carbocycles. The van der Waals surface area contributed by atoms with Crippen molar-refractivity contribution in [3.63, 3.8) is 0 Å². The number of benzene rings is 1. The zero-order valence-electron chi connectivity index (χ0n) is 17.5. The van der Waals surface area contributed by atoms with Crippen molar-refractivity contribution in [3.8, 4) is 6.07 Å². The summed E-state index contributed by atoms with van der Waals surface area (Å²) in [4.78, 5) is 16.0. The minimum Gasteiger partial charge on any atom is -0.394 e. The standard InChI is InChI=1S/C21H21N9O2/c1-13-3-4-16(9-17(13)24-14(2)32)25-19-10-20(26-18-5-6-29(28-18)7-8-31)30-21(27-19)15(11-22)12-23-30/h3-6,9-10,12,31H,7-8H2,1-2H3,(H,24,32)(H,25,27)(H,26,28). The lowest BCUT2D eigenvalue weighted by Crippen LogP contribution is -2.08. The largest absolute Gasteiger partial charge is 0.394 e. The predicted octanol–water partition coefficient (Wildman–Crippen LogP) is 2.54. The zero-order chi connectivity index (χ0) is 22.7. The molecule has 11 nitrogen and oxygen atoms in total. The van der Waals surface area contributed by atoms with Crippen LogP contribution in [0.2, 0.25) is 0 Å². The second kappa shape index (κ2) is 8.75. The van der Waals surface area contributed by atoms with Gasteiger partial charge in [-0.05, 0) is 24.6 Å². The van der Waals surface area contributed by atoms with E-state index in [1.165, 1.54) is 17.6 Å². The van der Waals surface area contributed by atoms with Crippen LogP contribution in [-0.4, -0.2) is 42.0 Å². The van der Waals surface area contributed by atoms with E-state index in [1.807, 2.05) is 25.1 Å². The van der Waals surface area contributed by atoms with E-state index < -0.39 is 0 Å². The van der Waals surface area contributed by atoms with E-state index in [0.29, 0.717) is 46.6 Å². The van der Waals surface area contributed by atoms with Crippen LogP contribution in [0.1, 0.15) is 18.1 Å². The van der Waals surface area contributed by atoms with Gasteiger partial charge in [-0.3, -0.25) is 9.48 Å². The SMILES string of the molecule is CC(=O)Nc1cc(Nc2cc(Nc3ccn(CCO)n3)n3ncc(C#N)c3n2)ccc1C. The third-order valence-electron chi connectivity index (χ3n) is 4.64. The van der Waals surface area contributed by atoms with E-state index in [4.69, 9.17) is 5.11 Å².